The minimum atomic E-state index is -1.11. The van der Waals surface area contributed by atoms with Crippen LogP contribution >= 0.6 is 0 Å². The summed E-state index contributed by atoms with van der Waals surface area (Å²) in [5.41, 5.74) is 3.33. The van der Waals surface area contributed by atoms with Gasteiger partial charge in [-0.2, -0.15) is 5.10 Å². The average Bonchev–Trinajstić information content (AvgIpc) is 3.47. The number of para-hydroxylation sites is 2. The molecule has 8 heteroatoms. The van der Waals surface area contributed by atoms with Gasteiger partial charge in [0.15, 0.2) is 5.78 Å². The number of ether oxygens (including phenoxy) is 3. The van der Waals surface area contributed by atoms with Crippen molar-refractivity contribution in [1.29, 1.82) is 0 Å². The Morgan fingerprint density at radius 1 is 1.07 bits per heavy atom. The zero-order valence-electron chi connectivity index (χ0n) is 23.4. The molecule has 0 bridgehead atoms. The molecule has 0 unspecified atom stereocenters. The lowest BCUT2D eigenvalue weighted by Gasteiger charge is -2.34. The summed E-state index contributed by atoms with van der Waals surface area (Å²) in [4.78, 5) is 13.7. The number of aromatic nitrogens is 2. The van der Waals surface area contributed by atoms with Crippen molar-refractivity contribution in [3.63, 3.8) is 0 Å². The second-order valence-corrected chi connectivity index (χ2v) is 10.4. The van der Waals surface area contributed by atoms with Crippen molar-refractivity contribution >= 4 is 17.9 Å². The first kappa shape index (κ1) is 26.4. The fraction of sp³-hybridized carbons (Fsp3) is 0.212. The molecule has 3 aromatic carbocycles. The summed E-state index contributed by atoms with van der Waals surface area (Å²) in [6.07, 6.45) is 3.79. The minimum Gasteiger partial charge on any atom is -0.507 e. The van der Waals surface area contributed by atoms with Crippen LogP contribution in [0.4, 0.5) is 0 Å². The number of phenols is 1. The second-order valence-electron chi connectivity index (χ2n) is 10.4. The van der Waals surface area contributed by atoms with Gasteiger partial charge in [-0.25, -0.2) is 4.68 Å². The Labute approximate surface area is 237 Å². The number of aliphatic hydroxyl groups is 1. The van der Waals surface area contributed by atoms with Gasteiger partial charge in [-0.3, -0.25) is 4.79 Å². The lowest BCUT2D eigenvalue weighted by atomic mass is 9.70. The molecule has 0 saturated carbocycles. The van der Waals surface area contributed by atoms with E-state index >= 15 is 0 Å². The van der Waals surface area contributed by atoms with Crippen LogP contribution in [0.5, 0.6) is 23.0 Å². The van der Waals surface area contributed by atoms with E-state index < -0.39 is 17.3 Å². The SMILES string of the molecule is COc1ccccc1/C=C/C(=O)c1c(O)c(C)c(OC)c2c1OC1=Cc3c(c(C)nn3-c3ccccc3)[C@H](O)[C@]12C. The van der Waals surface area contributed by atoms with Crippen LogP contribution in [0, 0.1) is 13.8 Å². The lowest BCUT2D eigenvalue weighted by molar-refractivity contribution is 0.0966. The monoisotopic (exact) mass is 550 g/mol. The zero-order chi connectivity index (χ0) is 29.1. The maximum absolute atomic E-state index is 13.7. The van der Waals surface area contributed by atoms with Crippen LogP contribution in [0.1, 0.15) is 57.0 Å². The highest BCUT2D eigenvalue weighted by atomic mass is 16.5. The minimum absolute atomic E-state index is 0.00126. The molecule has 2 atom stereocenters. The molecule has 2 N–H and O–H groups in total. The Morgan fingerprint density at radius 2 is 1.78 bits per heavy atom. The molecule has 1 aromatic heterocycles. The number of aliphatic hydroxyl groups excluding tert-OH is 1. The first-order valence-corrected chi connectivity index (χ1v) is 13.2. The number of nitrogens with zero attached hydrogens (tertiary/aromatic N) is 2. The summed E-state index contributed by atoms with van der Waals surface area (Å²) in [6.45, 7) is 5.40. The van der Waals surface area contributed by atoms with Crippen molar-refractivity contribution in [2.45, 2.75) is 32.3 Å². The number of ketones is 1. The molecule has 8 nitrogen and oxygen atoms in total. The van der Waals surface area contributed by atoms with Crippen molar-refractivity contribution in [3.8, 4) is 28.7 Å². The standard InChI is InChI=1S/C33H30N2O6/c1-18-29(37)27(23(36)16-15-20-11-9-10-14-24(20)39-4)31-28(30(18)40-5)33(3)25(41-31)17-22-26(32(33)38)19(2)34-35(22)21-12-7-6-8-13-21/h6-17,32,37-38H,1-5H3/b16-15+/t32-,33+/m0/s1. The molecule has 4 aromatic rings. The fourth-order valence-corrected chi connectivity index (χ4v) is 5.93. The molecule has 1 aliphatic heterocycles. The highest BCUT2D eigenvalue weighted by Gasteiger charge is 2.55. The van der Waals surface area contributed by atoms with Crippen LogP contribution < -0.4 is 14.2 Å². The maximum atomic E-state index is 13.7. The first-order chi connectivity index (χ1) is 19.7. The second kappa shape index (κ2) is 9.67. The van der Waals surface area contributed by atoms with E-state index in [1.807, 2.05) is 68.5 Å². The van der Waals surface area contributed by atoms with Gasteiger partial charge in [0.25, 0.3) is 0 Å². The molecule has 0 fully saturated rings. The van der Waals surface area contributed by atoms with E-state index in [1.54, 1.807) is 30.9 Å². The number of allylic oxidation sites excluding steroid dienone is 1. The van der Waals surface area contributed by atoms with Crippen molar-refractivity contribution in [1.82, 2.24) is 9.78 Å². The van der Waals surface area contributed by atoms with Gasteiger partial charge < -0.3 is 24.4 Å². The summed E-state index contributed by atoms with van der Waals surface area (Å²) in [5.74, 6) is 0.851. The van der Waals surface area contributed by atoms with E-state index in [2.05, 4.69) is 0 Å². The fourth-order valence-electron chi connectivity index (χ4n) is 5.93. The molecular formula is C33H30N2O6. The smallest absolute Gasteiger partial charge is 0.193 e. The van der Waals surface area contributed by atoms with E-state index in [0.29, 0.717) is 50.9 Å². The Bertz CT molecular complexity index is 1770. The van der Waals surface area contributed by atoms with Gasteiger partial charge in [0.1, 0.15) is 34.3 Å². The molecule has 1 aliphatic carbocycles. The molecule has 41 heavy (non-hydrogen) atoms. The van der Waals surface area contributed by atoms with E-state index in [0.717, 1.165) is 5.69 Å². The van der Waals surface area contributed by atoms with Crippen molar-refractivity contribution < 1.29 is 29.2 Å². The van der Waals surface area contributed by atoms with Crippen LogP contribution in [0.25, 0.3) is 17.8 Å². The highest BCUT2D eigenvalue weighted by molar-refractivity contribution is 6.12. The first-order valence-electron chi connectivity index (χ1n) is 13.2. The topological polar surface area (TPSA) is 103 Å². The van der Waals surface area contributed by atoms with Crippen LogP contribution in [0.3, 0.4) is 0 Å². The number of fused-ring (bicyclic) bond motifs is 4. The molecule has 0 amide bonds. The number of hydrogen-bond acceptors (Lipinski definition) is 7. The van der Waals surface area contributed by atoms with Crippen LogP contribution in [0.2, 0.25) is 0 Å². The van der Waals surface area contributed by atoms with Gasteiger partial charge >= 0.3 is 0 Å². The van der Waals surface area contributed by atoms with Crippen molar-refractivity contribution in [3.05, 3.63) is 106 Å². The number of phenolic OH excluding ortho intramolecular Hbond substituents is 1. The number of rotatable bonds is 6. The molecule has 6 rings (SSSR count). The molecule has 0 spiro atoms. The predicted octanol–water partition coefficient (Wildman–Crippen LogP) is 5.85. The number of benzene rings is 3. The van der Waals surface area contributed by atoms with Gasteiger partial charge in [-0.15, -0.1) is 0 Å². The third-order valence-electron chi connectivity index (χ3n) is 8.09. The number of methoxy groups -OCH3 is 2. The summed E-state index contributed by atoms with van der Waals surface area (Å²) in [7, 11) is 3.06. The van der Waals surface area contributed by atoms with Crippen LogP contribution in [0.15, 0.2) is 66.4 Å². The molecule has 208 valence electrons. The van der Waals surface area contributed by atoms with E-state index in [1.165, 1.54) is 13.2 Å². The van der Waals surface area contributed by atoms with Crippen LogP contribution in [-0.4, -0.2) is 40.0 Å². The third kappa shape index (κ3) is 3.78. The average molecular weight is 551 g/mol. The number of aryl methyl sites for hydroxylation is 1. The zero-order valence-corrected chi connectivity index (χ0v) is 23.4. The van der Waals surface area contributed by atoms with Crippen molar-refractivity contribution in [2.75, 3.05) is 14.2 Å². The lowest BCUT2D eigenvalue weighted by Crippen LogP contribution is -2.34. The van der Waals surface area contributed by atoms with Gasteiger partial charge in [-0.1, -0.05) is 36.4 Å². The normalized spacial score (nSPS) is 18.8. The highest BCUT2D eigenvalue weighted by Crippen LogP contribution is 2.62. The summed E-state index contributed by atoms with van der Waals surface area (Å²) < 4.78 is 19.4. The maximum Gasteiger partial charge on any atom is 0.193 e. The number of aromatic hydroxyl groups is 1. The predicted molar refractivity (Wildman–Crippen MR) is 155 cm³/mol. The van der Waals surface area contributed by atoms with Gasteiger partial charge in [0.2, 0.25) is 0 Å². The molecule has 2 heterocycles. The molecule has 0 radical (unpaired) electrons. The molecule has 0 saturated heterocycles. The van der Waals surface area contributed by atoms with E-state index in [9.17, 15) is 15.0 Å². The Hall–Kier alpha value is -4.82. The van der Waals surface area contributed by atoms with Crippen molar-refractivity contribution in [2.24, 2.45) is 0 Å². The van der Waals surface area contributed by atoms with Gasteiger partial charge in [0, 0.05) is 22.8 Å². The molecule has 2 aliphatic rings. The summed E-state index contributed by atoms with van der Waals surface area (Å²) in [5, 5.41) is 28.0. The van der Waals surface area contributed by atoms with E-state index in [-0.39, 0.29) is 17.1 Å². The Kier molecular flexibility index (Phi) is 6.23. The number of carbonyl (C=O) groups is 1. The summed E-state index contributed by atoms with van der Waals surface area (Å²) >= 11 is 0. The van der Waals surface area contributed by atoms with Crippen LogP contribution in [-0.2, 0) is 5.41 Å². The quantitative estimate of drug-likeness (QED) is 0.229. The third-order valence-corrected chi connectivity index (χ3v) is 8.09. The molecular weight excluding hydrogens is 520 g/mol. The number of carbonyl (C=O) groups excluding carboxylic acids is 1. The largest absolute Gasteiger partial charge is 0.507 e. The number of hydrogen-bond donors (Lipinski definition) is 2. The summed E-state index contributed by atoms with van der Waals surface area (Å²) in [6, 6.07) is 17.0. The van der Waals surface area contributed by atoms with Gasteiger partial charge in [-0.05, 0) is 51.1 Å². The van der Waals surface area contributed by atoms with Gasteiger partial charge in [0.05, 0.1) is 48.4 Å². The Balaban J connectivity index is 1.53. The Morgan fingerprint density at radius 3 is 2.49 bits per heavy atom. The van der Waals surface area contributed by atoms with E-state index in [4.69, 9.17) is 19.3 Å².